The van der Waals surface area contributed by atoms with Crippen LogP contribution >= 0.6 is 0 Å². The number of allylic oxidation sites excluding steroid dienone is 1. The third-order valence-corrected chi connectivity index (χ3v) is 8.04. The number of hydrogen-bond acceptors (Lipinski definition) is 5. The van der Waals surface area contributed by atoms with E-state index in [9.17, 15) is 24.9 Å². The fraction of sp³-hybridized carbons (Fsp3) is 0.810. The van der Waals surface area contributed by atoms with Gasteiger partial charge in [0.25, 0.3) is 0 Å². The maximum Gasteiger partial charge on any atom is 0.190 e. The molecule has 4 aliphatic carbocycles. The molecule has 7 atom stereocenters. The Hall–Kier alpha value is -1.04. The fourth-order valence-electron chi connectivity index (χ4n) is 6.73. The van der Waals surface area contributed by atoms with Gasteiger partial charge in [-0.3, -0.25) is 9.59 Å². The summed E-state index contributed by atoms with van der Waals surface area (Å²) in [6.45, 7) is 2.61. The molecular formula is C21H30O5. The number of hydrogen-bond donors (Lipinski definition) is 3. The van der Waals surface area contributed by atoms with E-state index in [0.29, 0.717) is 24.8 Å². The molecule has 0 aromatic heterocycles. The molecule has 0 heterocycles. The molecule has 0 amide bonds. The van der Waals surface area contributed by atoms with Gasteiger partial charge in [0.15, 0.2) is 11.6 Å². The lowest BCUT2D eigenvalue weighted by Crippen LogP contribution is -2.62. The number of carbonyl (C=O) groups excluding carboxylic acids is 2. The number of rotatable bonds is 2. The summed E-state index contributed by atoms with van der Waals surface area (Å²) < 4.78 is 33.8. The van der Waals surface area contributed by atoms with Gasteiger partial charge >= 0.3 is 0 Å². The van der Waals surface area contributed by atoms with Gasteiger partial charge in [-0.2, -0.15) is 0 Å². The van der Waals surface area contributed by atoms with Crippen molar-refractivity contribution in [3.05, 3.63) is 11.6 Å². The topological polar surface area (TPSA) is 94.8 Å². The minimum absolute atomic E-state index is 0.0525. The Morgan fingerprint density at radius 1 is 1.38 bits per heavy atom. The highest BCUT2D eigenvalue weighted by Gasteiger charge is 2.68. The molecule has 4 aliphatic rings. The van der Waals surface area contributed by atoms with Gasteiger partial charge in [0.05, 0.1) is 6.10 Å². The minimum Gasteiger partial charge on any atom is -0.393 e. The molecule has 0 spiro atoms. The summed E-state index contributed by atoms with van der Waals surface area (Å²) in [5, 5.41) is 31.9. The molecule has 5 nitrogen and oxygen atoms in total. The molecule has 144 valence electrons. The zero-order valence-corrected chi connectivity index (χ0v) is 15.3. The van der Waals surface area contributed by atoms with Gasteiger partial charge in [-0.05, 0) is 67.7 Å². The molecule has 0 bridgehead atoms. The first-order valence-corrected chi connectivity index (χ1v) is 9.50. The van der Waals surface area contributed by atoms with E-state index in [0.717, 1.165) is 0 Å². The van der Waals surface area contributed by atoms with Crippen molar-refractivity contribution in [1.82, 2.24) is 0 Å². The van der Waals surface area contributed by atoms with E-state index >= 15 is 0 Å². The Kier molecular flexibility index (Phi) is 3.09. The van der Waals surface area contributed by atoms with Crippen LogP contribution in [-0.4, -0.2) is 45.2 Å². The summed E-state index contributed by atoms with van der Waals surface area (Å²) in [5.74, 6) is -2.59. The second kappa shape index (κ2) is 5.73. The Labute approximate surface area is 160 Å². The third kappa shape index (κ3) is 2.14. The van der Waals surface area contributed by atoms with Crippen LogP contribution in [0.5, 0.6) is 0 Å². The highest BCUT2D eigenvalue weighted by atomic mass is 16.3. The summed E-state index contributed by atoms with van der Waals surface area (Å²) in [7, 11) is 0. The maximum absolute atomic E-state index is 12.4. The number of aliphatic hydroxyl groups is 3. The first-order chi connectivity index (χ1) is 13.7. The van der Waals surface area contributed by atoms with E-state index in [1.54, 1.807) is 13.8 Å². The number of Topliss-reactive ketones (excluding diaryl/α,β-unsaturated/α-hetero) is 1. The second-order valence-corrected chi connectivity index (χ2v) is 8.99. The van der Waals surface area contributed by atoms with Gasteiger partial charge in [-0.15, -0.1) is 0 Å². The van der Waals surface area contributed by atoms with Crippen molar-refractivity contribution >= 4 is 11.6 Å². The molecule has 0 radical (unpaired) electrons. The summed E-state index contributed by atoms with van der Waals surface area (Å²) >= 11 is 0. The molecule has 3 fully saturated rings. The van der Waals surface area contributed by atoms with Gasteiger partial charge in [0.2, 0.25) is 0 Å². The molecule has 0 saturated heterocycles. The summed E-state index contributed by atoms with van der Waals surface area (Å²) in [4.78, 5) is 24.8. The van der Waals surface area contributed by atoms with Crippen molar-refractivity contribution in [2.45, 2.75) is 70.4 Å². The van der Waals surface area contributed by atoms with E-state index in [1.807, 2.05) is 0 Å². The molecule has 0 aromatic carbocycles. The van der Waals surface area contributed by atoms with Crippen molar-refractivity contribution < 1.29 is 30.4 Å². The second-order valence-electron chi connectivity index (χ2n) is 8.99. The van der Waals surface area contributed by atoms with E-state index in [1.165, 1.54) is 6.08 Å². The average molecular weight is 366 g/mol. The quantitative estimate of drug-likeness (QED) is 0.692. The first kappa shape index (κ1) is 14.0. The molecule has 26 heavy (non-hydrogen) atoms. The Morgan fingerprint density at radius 2 is 2.12 bits per heavy atom. The fourth-order valence-corrected chi connectivity index (χ4v) is 6.73. The predicted molar refractivity (Wildman–Crippen MR) is 95.1 cm³/mol. The highest BCUT2D eigenvalue weighted by molar-refractivity contribution is 5.91. The van der Waals surface area contributed by atoms with E-state index in [4.69, 9.17) is 5.48 Å². The Morgan fingerprint density at radius 3 is 2.81 bits per heavy atom. The molecule has 5 heteroatoms. The maximum atomic E-state index is 12.4. The van der Waals surface area contributed by atoms with Crippen LogP contribution < -0.4 is 0 Å². The molecule has 0 aromatic rings. The standard InChI is InChI=1S/C21H30O5/c1-19-7-5-13(23)9-12(19)3-4-14-15-6-8-21(26,17(25)11-22)20(15,2)10-16(24)18(14)19/h9,14-16,18,22,24,26H,3-8,10-11H2,1-2H3/t14-,15-,16-,18+,19-,20-,21-/m0/s1/i5D2,7D2. The number of aliphatic hydroxyl groups excluding tert-OH is 2. The van der Waals surface area contributed by atoms with Crippen molar-refractivity contribution in [3.8, 4) is 0 Å². The first-order valence-electron chi connectivity index (χ1n) is 11.5. The molecule has 3 N–H and O–H groups in total. The molecule has 0 aliphatic heterocycles. The zero-order valence-electron chi connectivity index (χ0n) is 19.3. The molecule has 0 unspecified atom stereocenters. The van der Waals surface area contributed by atoms with Crippen LogP contribution in [0.1, 0.15) is 64.2 Å². The van der Waals surface area contributed by atoms with Crippen LogP contribution in [0, 0.1) is 28.6 Å². The Bertz CT molecular complexity index is 841. The van der Waals surface area contributed by atoms with Gasteiger partial charge < -0.3 is 15.3 Å². The average Bonchev–Trinajstić information content (AvgIpc) is 2.93. The minimum atomic E-state index is -2.71. The van der Waals surface area contributed by atoms with E-state index < -0.39 is 59.4 Å². The molecular weight excluding hydrogens is 332 g/mol. The zero-order chi connectivity index (χ0) is 22.5. The van der Waals surface area contributed by atoms with Crippen LogP contribution in [0.25, 0.3) is 0 Å². The van der Waals surface area contributed by atoms with Gasteiger partial charge in [0, 0.05) is 17.3 Å². The smallest absolute Gasteiger partial charge is 0.190 e. The van der Waals surface area contributed by atoms with Crippen molar-refractivity contribution in [2.75, 3.05) is 6.61 Å². The van der Waals surface area contributed by atoms with Crippen molar-refractivity contribution in [3.63, 3.8) is 0 Å². The van der Waals surface area contributed by atoms with Crippen LogP contribution in [0.3, 0.4) is 0 Å². The van der Waals surface area contributed by atoms with Crippen LogP contribution in [0.2, 0.25) is 0 Å². The van der Waals surface area contributed by atoms with Gasteiger partial charge in [-0.1, -0.05) is 19.4 Å². The largest absolute Gasteiger partial charge is 0.393 e. The summed E-state index contributed by atoms with van der Waals surface area (Å²) in [5.41, 5.74) is -3.54. The SMILES string of the molecule is [2H]C1([2H])C(=O)C=C2CC[C@@H]3[C@H]([C@@H](O)C[C@@]4(C)[C@H]3CC[C@]4(O)C(=O)CO)[C@@]2(C)C1([2H])[2H]. The monoisotopic (exact) mass is 366 g/mol. The lowest BCUT2D eigenvalue weighted by molar-refractivity contribution is -0.182. The van der Waals surface area contributed by atoms with Crippen LogP contribution in [0.4, 0.5) is 0 Å². The lowest BCUT2D eigenvalue weighted by atomic mass is 9.45. The highest BCUT2D eigenvalue weighted by Crippen LogP contribution is 2.67. The molecule has 4 rings (SSSR count). The normalized spacial score (nSPS) is 56.7. The summed E-state index contributed by atoms with van der Waals surface area (Å²) in [6.07, 6.45) is -3.36. The van der Waals surface area contributed by atoms with Gasteiger partial charge in [0.1, 0.15) is 12.2 Å². The van der Waals surface area contributed by atoms with Gasteiger partial charge in [-0.25, -0.2) is 0 Å². The Balaban J connectivity index is 1.83. The predicted octanol–water partition coefficient (Wildman–Crippen LogP) is 1.78. The van der Waals surface area contributed by atoms with E-state index in [2.05, 4.69) is 0 Å². The van der Waals surface area contributed by atoms with Crippen LogP contribution in [0.15, 0.2) is 11.6 Å². The van der Waals surface area contributed by atoms with Crippen molar-refractivity contribution in [2.24, 2.45) is 28.6 Å². The number of fused-ring (bicyclic) bond motifs is 5. The lowest BCUT2D eigenvalue weighted by Gasteiger charge is -2.60. The number of carbonyl (C=O) groups is 2. The summed E-state index contributed by atoms with van der Waals surface area (Å²) in [6, 6.07) is 0. The van der Waals surface area contributed by atoms with E-state index in [-0.39, 0.29) is 24.7 Å². The molecule has 3 saturated carbocycles. The van der Waals surface area contributed by atoms with Crippen LogP contribution in [-0.2, 0) is 9.59 Å². The third-order valence-electron chi connectivity index (χ3n) is 8.04. The number of ketones is 2. The van der Waals surface area contributed by atoms with Crippen molar-refractivity contribution in [1.29, 1.82) is 0 Å².